The smallest absolute Gasteiger partial charge is 0.259 e. The van der Waals surface area contributed by atoms with Crippen LogP contribution < -0.4 is 5.73 Å². The molecule has 2 N–H and O–H groups in total. The third-order valence-electron chi connectivity index (χ3n) is 1.55. The molecular weight excluding hydrogens is 291 g/mol. The van der Waals surface area contributed by atoms with E-state index in [4.69, 9.17) is 11.0 Å². The van der Waals surface area contributed by atoms with E-state index in [-0.39, 0.29) is 5.57 Å². The lowest BCUT2D eigenvalue weighted by molar-refractivity contribution is -0.114. The van der Waals surface area contributed by atoms with Gasteiger partial charge in [0.2, 0.25) is 0 Å². The number of halogens is 1. The van der Waals surface area contributed by atoms with Crippen LogP contribution in [0.25, 0.3) is 6.08 Å². The summed E-state index contributed by atoms with van der Waals surface area (Å²) in [6, 6.07) is 9.20. The fourth-order valence-corrected chi connectivity index (χ4v) is 1.49. The summed E-state index contributed by atoms with van der Waals surface area (Å²) in [5.41, 5.74) is 5.76. The molecule has 0 radical (unpaired) electrons. The average molecular weight is 298 g/mol. The zero-order chi connectivity index (χ0) is 10.6. The number of rotatable bonds is 2. The lowest BCUT2D eigenvalue weighted by Gasteiger charge is -1.95. The Morgan fingerprint density at radius 3 is 2.79 bits per heavy atom. The minimum Gasteiger partial charge on any atom is -0.365 e. The zero-order valence-corrected chi connectivity index (χ0v) is 9.36. The third kappa shape index (κ3) is 2.85. The summed E-state index contributed by atoms with van der Waals surface area (Å²) >= 11 is 2.15. The van der Waals surface area contributed by atoms with Gasteiger partial charge in [0.1, 0.15) is 11.6 Å². The molecule has 0 spiro atoms. The summed E-state index contributed by atoms with van der Waals surface area (Å²) in [5.74, 6) is -0.702. The lowest BCUT2D eigenvalue weighted by Crippen LogP contribution is -2.12. The number of nitrogens with two attached hydrogens (primary N) is 1. The molecule has 0 heterocycles. The highest BCUT2D eigenvalue weighted by Crippen LogP contribution is 2.11. The molecule has 0 aliphatic heterocycles. The Hall–Kier alpha value is -1.35. The maximum atomic E-state index is 10.7. The Kier molecular flexibility index (Phi) is 3.65. The van der Waals surface area contributed by atoms with Crippen LogP contribution in [0.4, 0.5) is 0 Å². The second-order valence-electron chi connectivity index (χ2n) is 2.59. The van der Waals surface area contributed by atoms with E-state index in [9.17, 15) is 4.79 Å². The van der Waals surface area contributed by atoms with Gasteiger partial charge in [0.25, 0.3) is 5.91 Å². The van der Waals surface area contributed by atoms with Crippen LogP contribution in [-0.4, -0.2) is 5.91 Å². The Labute approximate surface area is 95.4 Å². The molecule has 1 aromatic carbocycles. The average Bonchev–Trinajstić information content (AvgIpc) is 2.14. The van der Waals surface area contributed by atoms with Gasteiger partial charge < -0.3 is 5.73 Å². The first-order valence-corrected chi connectivity index (χ1v) is 4.88. The summed E-state index contributed by atoms with van der Waals surface area (Å²) in [4.78, 5) is 10.7. The van der Waals surface area contributed by atoms with E-state index in [0.717, 1.165) is 9.13 Å². The minimum atomic E-state index is -0.702. The SMILES string of the molecule is N#C/C(=C/c1cccc(I)c1)C(N)=O. The molecule has 1 aromatic rings. The van der Waals surface area contributed by atoms with Crippen LogP contribution in [0.15, 0.2) is 29.8 Å². The van der Waals surface area contributed by atoms with Crippen LogP contribution >= 0.6 is 22.6 Å². The van der Waals surface area contributed by atoms with Gasteiger partial charge in [-0.05, 0) is 46.4 Å². The van der Waals surface area contributed by atoms with E-state index >= 15 is 0 Å². The molecule has 0 fully saturated rings. The number of benzene rings is 1. The van der Waals surface area contributed by atoms with Crippen molar-refractivity contribution in [3.63, 3.8) is 0 Å². The van der Waals surface area contributed by atoms with E-state index in [1.807, 2.05) is 24.3 Å². The van der Waals surface area contributed by atoms with Crippen LogP contribution in [-0.2, 0) is 4.79 Å². The predicted molar refractivity (Wildman–Crippen MR) is 61.9 cm³/mol. The van der Waals surface area contributed by atoms with Crippen molar-refractivity contribution in [2.75, 3.05) is 0 Å². The molecule has 0 saturated heterocycles. The van der Waals surface area contributed by atoms with Crippen molar-refractivity contribution < 1.29 is 4.79 Å². The molecule has 0 aliphatic rings. The van der Waals surface area contributed by atoms with Gasteiger partial charge >= 0.3 is 0 Å². The lowest BCUT2D eigenvalue weighted by atomic mass is 10.1. The second kappa shape index (κ2) is 4.77. The van der Waals surface area contributed by atoms with E-state index in [0.29, 0.717) is 0 Å². The molecule has 0 atom stereocenters. The van der Waals surface area contributed by atoms with E-state index in [2.05, 4.69) is 22.6 Å². The van der Waals surface area contributed by atoms with Crippen molar-refractivity contribution in [2.45, 2.75) is 0 Å². The maximum absolute atomic E-state index is 10.7. The molecule has 0 saturated carbocycles. The third-order valence-corrected chi connectivity index (χ3v) is 2.22. The molecule has 14 heavy (non-hydrogen) atoms. The largest absolute Gasteiger partial charge is 0.365 e. The number of carbonyl (C=O) groups excluding carboxylic acids is 1. The Bertz CT molecular complexity index is 432. The van der Waals surface area contributed by atoms with Crippen LogP contribution in [0, 0.1) is 14.9 Å². The number of primary amides is 1. The van der Waals surface area contributed by atoms with E-state index in [1.165, 1.54) is 6.08 Å². The van der Waals surface area contributed by atoms with Crippen molar-refractivity contribution >= 4 is 34.6 Å². The van der Waals surface area contributed by atoms with Crippen LogP contribution in [0.1, 0.15) is 5.56 Å². The molecule has 0 bridgehead atoms. The van der Waals surface area contributed by atoms with Crippen molar-refractivity contribution in [3.8, 4) is 6.07 Å². The van der Waals surface area contributed by atoms with Crippen molar-refractivity contribution in [2.24, 2.45) is 5.73 Å². The molecule has 1 rings (SSSR count). The molecule has 0 aliphatic carbocycles. The monoisotopic (exact) mass is 298 g/mol. The summed E-state index contributed by atoms with van der Waals surface area (Å²) in [6.07, 6.45) is 1.48. The first-order valence-electron chi connectivity index (χ1n) is 3.80. The Morgan fingerprint density at radius 2 is 2.29 bits per heavy atom. The highest BCUT2D eigenvalue weighted by molar-refractivity contribution is 14.1. The van der Waals surface area contributed by atoms with Crippen molar-refractivity contribution in [1.29, 1.82) is 5.26 Å². The fourth-order valence-electron chi connectivity index (χ4n) is 0.922. The molecule has 4 heteroatoms. The molecular formula is C10H7IN2O. The first kappa shape index (κ1) is 10.7. The number of hydrogen-bond donors (Lipinski definition) is 1. The number of nitrogens with zero attached hydrogens (tertiary/aromatic N) is 1. The van der Waals surface area contributed by atoms with Gasteiger partial charge in [0, 0.05) is 3.57 Å². The number of hydrogen-bond acceptors (Lipinski definition) is 2. The van der Waals surface area contributed by atoms with Gasteiger partial charge in [-0.2, -0.15) is 5.26 Å². The van der Waals surface area contributed by atoms with Crippen molar-refractivity contribution in [1.82, 2.24) is 0 Å². The standard InChI is InChI=1S/C10H7IN2O/c11-9-3-1-2-7(5-9)4-8(6-12)10(13)14/h1-5H,(H2,13,14)/b8-4-. The number of carbonyl (C=O) groups is 1. The highest BCUT2D eigenvalue weighted by Gasteiger charge is 2.02. The Morgan fingerprint density at radius 1 is 1.57 bits per heavy atom. The molecule has 0 unspecified atom stereocenters. The van der Waals surface area contributed by atoms with Crippen molar-refractivity contribution in [3.05, 3.63) is 39.0 Å². The molecule has 3 nitrogen and oxygen atoms in total. The topological polar surface area (TPSA) is 66.9 Å². The fraction of sp³-hybridized carbons (Fsp3) is 0. The summed E-state index contributed by atoms with van der Waals surface area (Å²) in [6.45, 7) is 0. The van der Waals surface area contributed by atoms with Gasteiger partial charge in [-0.1, -0.05) is 12.1 Å². The summed E-state index contributed by atoms with van der Waals surface area (Å²) in [5, 5.41) is 8.61. The first-order chi connectivity index (χ1) is 6.63. The highest BCUT2D eigenvalue weighted by atomic mass is 127. The van der Waals surface area contributed by atoms with Gasteiger partial charge in [0.15, 0.2) is 0 Å². The summed E-state index contributed by atoms with van der Waals surface area (Å²) in [7, 11) is 0. The van der Waals surface area contributed by atoms with Gasteiger partial charge in [-0.3, -0.25) is 4.79 Å². The van der Waals surface area contributed by atoms with E-state index in [1.54, 1.807) is 6.07 Å². The van der Waals surface area contributed by atoms with Crippen LogP contribution in [0.5, 0.6) is 0 Å². The molecule has 1 amide bonds. The van der Waals surface area contributed by atoms with Crippen LogP contribution in [0.2, 0.25) is 0 Å². The normalized spacial score (nSPS) is 10.7. The quantitative estimate of drug-likeness (QED) is 0.513. The minimum absolute atomic E-state index is 0.0352. The van der Waals surface area contributed by atoms with Gasteiger partial charge in [-0.25, -0.2) is 0 Å². The van der Waals surface area contributed by atoms with E-state index < -0.39 is 5.91 Å². The number of nitriles is 1. The molecule has 70 valence electrons. The molecule has 0 aromatic heterocycles. The Balaban J connectivity index is 3.08. The van der Waals surface area contributed by atoms with Gasteiger partial charge in [0.05, 0.1) is 0 Å². The van der Waals surface area contributed by atoms with Crippen LogP contribution in [0.3, 0.4) is 0 Å². The maximum Gasteiger partial charge on any atom is 0.259 e. The second-order valence-corrected chi connectivity index (χ2v) is 3.83. The van der Waals surface area contributed by atoms with Gasteiger partial charge in [-0.15, -0.1) is 0 Å². The zero-order valence-electron chi connectivity index (χ0n) is 7.20. The number of amides is 1. The predicted octanol–water partition coefficient (Wildman–Crippen LogP) is 1.68. The summed E-state index contributed by atoms with van der Waals surface area (Å²) < 4.78 is 1.04.